The molecule has 1 heterocycles. The highest BCUT2D eigenvalue weighted by Crippen LogP contribution is 2.19. The van der Waals surface area contributed by atoms with Crippen LogP contribution in [0.15, 0.2) is 48.5 Å². The topological polar surface area (TPSA) is 71.3 Å². The Morgan fingerprint density at radius 1 is 0.870 bits per heavy atom. The summed E-state index contributed by atoms with van der Waals surface area (Å²) in [5, 5.41) is 11.5. The number of hydrogen-bond acceptors (Lipinski definition) is 6. The van der Waals surface area contributed by atoms with Gasteiger partial charge in [0.2, 0.25) is 5.82 Å². The van der Waals surface area contributed by atoms with Crippen LogP contribution in [0, 0.1) is 0 Å². The van der Waals surface area contributed by atoms with E-state index in [1.54, 1.807) is 14.2 Å². The van der Waals surface area contributed by atoms with Crippen LogP contribution < -0.4 is 14.3 Å². The number of hydrogen-bond donors (Lipinski definition) is 0. The quantitative estimate of drug-likeness (QED) is 0.693. The molecule has 7 heteroatoms. The molecule has 0 N–H and O–H groups in total. The molecule has 0 saturated heterocycles. The van der Waals surface area contributed by atoms with Crippen LogP contribution in [0.5, 0.6) is 11.5 Å². The highest BCUT2D eigenvalue weighted by molar-refractivity contribution is 5.55. The Hall–Kier alpha value is -3.09. The van der Waals surface area contributed by atoms with Crippen molar-refractivity contribution in [1.82, 2.24) is 20.4 Å². The van der Waals surface area contributed by atoms with Crippen molar-refractivity contribution in [3.63, 3.8) is 0 Å². The first-order valence-electron chi connectivity index (χ1n) is 6.99. The van der Waals surface area contributed by atoms with Crippen molar-refractivity contribution in [1.29, 1.82) is 0 Å². The largest absolute Gasteiger partial charge is 0.497 e. The zero-order valence-electron chi connectivity index (χ0n) is 12.8. The van der Waals surface area contributed by atoms with Gasteiger partial charge in [0.15, 0.2) is 0 Å². The minimum atomic E-state index is 0.345. The Morgan fingerprint density at radius 2 is 1.48 bits per heavy atom. The predicted molar refractivity (Wildman–Crippen MR) is 83.1 cm³/mol. The van der Waals surface area contributed by atoms with Gasteiger partial charge in [0.05, 0.1) is 14.2 Å². The highest BCUT2D eigenvalue weighted by Gasteiger charge is 2.10. The molecule has 0 aliphatic rings. The first-order valence-corrected chi connectivity index (χ1v) is 6.99. The maximum Gasteiger partial charge on any atom is 0.222 e. The van der Waals surface area contributed by atoms with Crippen LogP contribution in [0.2, 0.25) is 0 Å². The van der Waals surface area contributed by atoms with Crippen LogP contribution in [-0.4, -0.2) is 34.6 Å². The van der Waals surface area contributed by atoms with E-state index in [1.807, 2.05) is 48.5 Å². The molecular formula is C16H16N4O3. The predicted octanol–water partition coefficient (Wildman–Crippen LogP) is 1.99. The number of tetrazole rings is 1. The molecule has 0 aliphatic heterocycles. The molecule has 2 aromatic carbocycles. The van der Waals surface area contributed by atoms with Crippen molar-refractivity contribution in [3.8, 4) is 22.9 Å². The molecule has 23 heavy (non-hydrogen) atoms. The Balaban J connectivity index is 1.72. The van der Waals surface area contributed by atoms with Crippen molar-refractivity contribution >= 4 is 0 Å². The normalized spacial score (nSPS) is 10.3. The fourth-order valence-electron chi connectivity index (χ4n) is 2.03. The molecule has 118 valence electrons. The second kappa shape index (κ2) is 6.78. The van der Waals surface area contributed by atoms with E-state index in [2.05, 4.69) is 15.5 Å². The van der Waals surface area contributed by atoms with Gasteiger partial charge >= 0.3 is 0 Å². The fraction of sp³-hybridized carbons (Fsp3) is 0.188. The smallest absolute Gasteiger partial charge is 0.222 e. The van der Waals surface area contributed by atoms with Gasteiger partial charge in [0.1, 0.15) is 18.1 Å². The lowest BCUT2D eigenvalue weighted by atomic mass is 10.2. The number of ether oxygens (including phenoxy) is 2. The third-order valence-corrected chi connectivity index (χ3v) is 3.30. The molecule has 0 bridgehead atoms. The van der Waals surface area contributed by atoms with Crippen LogP contribution in [0.1, 0.15) is 5.56 Å². The Kier molecular flexibility index (Phi) is 4.37. The van der Waals surface area contributed by atoms with E-state index in [0.717, 1.165) is 22.6 Å². The standard InChI is InChI=1S/C16H16N4O3/c1-21-14-7-3-12(4-8-14)11-23-20-16(17-18-19-20)13-5-9-15(22-2)10-6-13/h3-10H,11H2,1-2H3. The lowest BCUT2D eigenvalue weighted by molar-refractivity contribution is 0.0694. The molecule has 1 aromatic heterocycles. The third kappa shape index (κ3) is 3.39. The van der Waals surface area contributed by atoms with Gasteiger partial charge in [0, 0.05) is 5.56 Å². The average molecular weight is 312 g/mol. The number of nitrogens with zero attached hydrogens (tertiary/aromatic N) is 4. The molecule has 0 atom stereocenters. The third-order valence-electron chi connectivity index (χ3n) is 3.30. The van der Waals surface area contributed by atoms with Crippen molar-refractivity contribution < 1.29 is 14.3 Å². The molecule has 3 aromatic rings. The van der Waals surface area contributed by atoms with Gasteiger partial charge in [-0.2, -0.15) is 0 Å². The Labute approximate surface area is 133 Å². The first-order chi connectivity index (χ1) is 11.3. The summed E-state index contributed by atoms with van der Waals surface area (Å²) in [4.78, 5) is 6.97. The van der Waals surface area contributed by atoms with Crippen molar-refractivity contribution in [3.05, 3.63) is 54.1 Å². The molecule has 0 amide bonds. The minimum Gasteiger partial charge on any atom is -0.497 e. The Morgan fingerprint density at radius 3 is 2.09 bits per heavy atom. The van der Waals surface area contributed by atoms with Crippen molar-refractivity contribution in [2.45, 2.75) is 6.61 Å². The summed E-state index contributed by atoms with van der Waals surface area (Å²) >= 11 is 0. The molecule has 0 aliphatic carbocycles. The second-order valence-electron chi connectivity index (χ2n) is 4.73. The minimum absolute atomic E-state index is 0.345. The van der Waals surface area contributed by atoms with Crippen LogP contribution in [0.25, 0.3) is 11.4 Å². The molecule has 0 unspecified atom stereocenters. The molecule has 0 fully saturated rings. The van der Waals surface area contributed by atoms with Gasteiger partial charge in [-0.05, 0) is 52.4 Å². The number of aromatic nitrogens is 4. The summed E-state index contributed by atoms with van der Waals surface area (Å²) < 4.78 is 10.3. The van der Waals surface area contributed by atoms with E-state index in [1.165, 1.54) is 4.85 Å². The molecule has 0 radical (unpaired) electrons. The Bertz CT molecular complexity index is 754. The first kappa shape index (κ1) is 14.8. The van der Waals surface area contributed by atoms with Crippen LogP contribution in [-0.2, 0) is 6.61 Å². The van der Waals surface area contributed by atoms with Crippen molar-refractivity contribution in [2.75, 3.05) is 14.2 Å². The summed E-state index contributed by atoms with van der Waals surface area (Å²) in [5.41, 5.74) is 1.83. The highest BCUT2D eigenvalue weighted by atomic mass is 16.7. The zero-order valence-corrected chi connectivity index (χ0v) is 12.8. The van der Waals surface area contributed by atoms with Crippen LogP contribution in [0.3, 0.4) is 0 Å². The second-order valence-corrected chi connectivity index (χ2v) is 4.73. The average Bonchev–Trinajstić information content (AvgIpc) is 3.09. The van der Waals surface area contributed by atoms with Crippen LogP contribution in [0.4, 0.5) is 0 Å². The molecular weight excluding hydrogens is 296 g/mol. The summed E-state index contributed by atoms with van der Waals surface area (Å²) in [6.45, 7) is 0.345. The monoisotopic (exact) mass is 312 g/mol. The molecule has 7 nitrogen and oxygen atoms in total. The van der Waals surface area contributed by atoms with E-state index in [9.17, 15) is 0 Å². The van der Waals surface area contributed by atoms with E-state index in [4.69, 9.17) is 14.3 Å². The van der Waals surface area contributed by atoms with Crippen LogP contribution >= 0.6 is 0 Å². The summed E-state index contributed by atoms with van der Waals surface area (Å²) in [7, 11) is 3.25. The molecule has 3 rings (SSSR count). The van der Waals surface area contributed by atoms with Crippen molar-refractivity contribution in [2.24, 2.45) is 0 Å². The van der Waals surface area contributed by atoms with Gasteiger partial charge < -0.3 is 14.3 Å². The molecule has 0 spiro atoms. The van der Waals surface area contributed by atoms with Gasteiger partial charge in [-0.1, -0.05) is 17.0 Å². The van der Waals surface area contributed by atoms with E-state index in [-0.39, 0.29) is 0 Å². The number of rotatable bonds is 6. The van der Waals surface area contributed by atoms with Gasteiger partial charge in [-0.3, -0.25) is 0 Å². The summed E-state index contributed by atoms with van der Waals surface area (Å²) in [5.74, 6) is 2.10. The van der Waals surface area contributed by atoms with E-state index in [0.29, 0.717) is 12.4 Å². The van der Waals surface area contributed by atoms with E-state index < -0.39 is 0 Å². The summed E-state index contributed by atoms with van der Waals surface area (Å²) in [6, 6.07) is 15.0. The number of benzene rings is 2. The molecule has 0 saturated carbocycles. The van der Waals surface area contributed by atoms with Gasteiger partial charge in [-0.15, -0.1) is 5.10 Å². The maximum absolute atomic E-state index is 5.66. The lowest BCUT2D eigenvalue weighted by Crippen LogP contribution is -2.14. The lowest BCUT2D eigenvalue weighted by Gasteiger charge is -2.08. The number of methoxy groups -OCH3 is 2. The van der Waals surface area contributed by atoms with E-state index >= 15 is 0 Å². The SMILES string of the molecule is COc1ccc(COn2nnnc2-c2ccc(OC)cc2)cc1. The van der Waals surface area contributed by atoms with Gasteiger partial charge in [-0.25, -0.2) is 0 Å². The zero-order chi connectivity index (χ0) is 16.1. The maximum atomic E-state index is 5.66. The summed E-state index contributed by atoms with van der Waals surface area (Å²) in [6.07, 6.45) is 0. The van der Waals surface area contributed by atoms with Gasteiger partial charge in [0.25, 0.3) is 0 Å². The fourth-order valence-corrected chi connectivity index (χ4v) is 2.03.